The van der Waals surface area contributed by atoms with Gasteiger partial charge >= 0.3 is 0 Å². The zero-order chi connectivity index (χ0) is 10.1. The highest BCUT2D eigenvalue weighted by Crippen LogP contribution is 2.27. The summed E-state index contributed by atoms with van der Waals surface area (Å²) in [4.78, 5) is 0. The Hall–Kier alpha value is -1.02. The fourth-order valence-electron chi connectivity index (χ4n) is 2.14. The number of hydrogen-bond acceptors (Lipinski definition) is 2. The molecule has 0 aromatic heterocycles. The molecule has 0 spiro atoms. The molecule has 2 heteroatoms. The maximum Gasteiger partial charge on any atom is 0.122 e. The predicted molar refractivity (Wildman–Crippen MR) is 60.2 cm³/mol. The standard InChI is InChI=1S/C13H17NO/c1-2-4-13-11(3-1)7-10(9-15-13)8-14-12-5-6-12/h1-4,10,12,14H,5-9H2. The molecule has 1 aliphatic carbocycles. The van der Waals surface area contributed by atoms with Crippen LogP contribution in [0.25, 0.3) is 0 Å². The number of nitrogens with one attached hydrogen (secondary N) is 1. The number of para-hydroxylation sites is 1. The quantitative estimate of drug-likeness (QED) is 0.811. The van der Waals surface area contributed by atoms with Crippen molar-refractivity contribution >= 4 is 0 Å². The molecule has 2 aliphatic rings. The minimum Gasteiger partial charge on any atom is -0.493 e. The van der Waals surface area contributed by atoms with Gasteiger partial charge in [-0.15, -0.1) is 0 Å². The largest absolute Gasteiger partial charge is 0.493 e. The Labute approximate surface area is 90.6 Å². The van der Waals surface area contributed by atoms with E-state index in [1.165, 1.54) is 18.4 Å². The van der Waals surface area contributed by atoms with Gasteiger partial charge in [-0.2, -0.15) is 0 Å². The van der Waals surface area contributed by atoms with Crippen molar-refractivity contribution in [3.63, 3.8) is 0 Å². The third-order valence-electron chi connectivity index (χ3n) is 3.23. The Morgan fingerprint density at radius 2 is 2.13 bits per heavy atom. The van der Waals surface area contributed by atoms with E-state index in [0.29, 0.717) is 5.92 Å². The van der Waals surface area contributed by atoms with Crippen LogP contribution in [0, 0.1) is 5.92 Å². The molecule has 2 nitrogen and oxygen atoms in total. The minimum atomic E-state index is 0.653. The molecule has 1 unspecified atom stereocenters. The number of ether oxygens (including phenoxy) is 1. The lowest BCUT2D eigenvalue weighted by Crippen LogP contribution is -2.32. The van der Waals surface area contributed by atoms with Gasteiger partial charge in [-0.25, -0.2) is 0 Å². The first-order valence-electron chi connectivity index (χ1n) is 5.86. The lowest BCUT2D eigenvalue weighted by Gasteiger charge is -2.25. The van der Waals surface area contributed by atoms with Crippen LogP contribution in [0.2, 0.25) is 0 Å². The van der Waals surface area contributed by atoms with Gasteiger partial charge in [0.25, 0.3) is 0 Å². The number of benzene rings is 1. The third-order valence-corrected chi connectivity index (χ3v) is 3.23. The summed E-state index contributed by atoms with van der Waals surface area (Å²) in [5.74, 6) is 1.74. The van der Waals surface area contributed by atoms with E-state index < -0.39 is 0 Å². The molecule has 0 bridgehead atoms. The van der Waals surface area contributed by atoms with Crippen molar-refractivity contribution in [2.24, 2.45) is 5.92 Å². The normalized spacial score (nSPS) is 24.4. The van der Waals surface area contributed by atoms with Gasteiger partial charge in [0.15, 0.2) is 0 Å². The first kappa shape index (κ1) is 9.22. The second kappa shape index (κ2) is 3.86. The van der Waals surface area contributed by atoms with Gasteiger partial charge in [0.2, 0.25) is 0 Å². The van der Waals surface area contributed by atoms with Crippen LogP contribution in [0.4, 0.5) is 0 Å². The zero-order valence-corrected chi connectivity index (χ0v) is 8.91. The van der Waals surface area contributed by atoms with Crippen molar-refractivity contribution in [3.8, 4) is 5.75 Å². The van der Waals surface area contributed by atoms with Crippen LogP contribution in [-0.4, -0.2) is 19.2 Å². The zero-order valence-electron chi connectivity index (χ0n) is 8.91. The van der Waals surface area contributed by atoms with Gasteiger partial charge in [0, 0.05) is 18.5 Å². The Balaban J connectivity index is 1.61. The van der Waals surface area contributed by atoms with Gasteiger partial charge in [-0.3, -0.25) is 0 Å². The molecule has 1 saturated carbocycles. The summed E-state index contributed by atoms with van der Waals surface area (Å²) >= 11 is 0. The Kier molecular flexibility index (Phi) is 2.37. The molecule has 80 valence electrons. The van der Waals surface area contributed by atoms with Gasteiger partial charge in [-0.1, -0.05) is 18.2 Å². The lowest BCUT2D eigenvalue weighted by atomic mass is 9.97. The Morgan fingerprint density at radius 1 is 1.27 bits per heavy atom. The smallest absolute Gasteiger partial charge is 0.122 e. The molecule has 15 heavy (non-hydrogen) atoms. The predicted octanol–water partition coefficient (Wildman–Crippen LogP) is 1.99. The highest BCUT2D eigenvalue weighted by atomic mass is 16.5. The van der Waals surface area contributed by atoms with Crippen molar-refractivity contribution in [2.75, 3.05) is 13.2 Å². The summed E-state index contributed by atoms with van der Waals surface area (Å²) in [7, 11) is 0. The summed E-state index contributed by atoms with van der Waals surface area (Å²) in [6.07, 6.45) is 3.89. The van der Waals surface area contributed by atoms with Crippen molar-refractivity contribution in [2.45, 2.75) is 25.3 Å². The molecule has 1 heterocycles. The Morgan fingerprint density at radius 3 is 3.00 bits per heavy atom. The van der Waals surface area contributed by atoms with Crippen LogP contribution in [0.5, 0.6) is 5.75 Å². The fourth-order valence-corrected chi connectivity index (χ4v) is 2.14. The summed E-state index contributed by atoms with van der Waals surface area (Å²) < 4.78 is 5.75. The summed E-state index contributed by atoms with van der Waals surface area (Å²) in [6, 6.07) is 9.20. The number of fused-ring (bicyclic) bond motifs is 1. The van der Waals surface area contributed by atoms with E-state index >= 15 is 0 Å². The second-order valence-electron chi connectivity index (χ2n) is 4.67. The van der Waals surface area contributed by atoms with Gasteiger partial charge in [0.05, 0.1) is 6.61 Å². The average molecular weight is 203 g/mol. The minimum absolute atomic E-state index is 0.653. The van der Waals surface area contributed by atoms with Gasteiger partial charge < -0.3 is 10.1 Å². The highest BCUT2D eigenvalue weighted by molar-refractivity contribution is 5.35. The van der Waals surface area contributed by atoms with Crippen LogP contribution in [0.15, 0.2) is 24.3 Å². The van der Waals surface area contributed by atoms with Crippen LogP contribution < -0.4 is 10.1 Å². The lowest BCUT2D eigenvalue weighted by molar-refractivity contribution is 0.218. The second-order valence-corrected chi connectivity index (χ2v) is 4.67. The van der Waals surface area contributed by atoms with E-state index in [2.05, 4.69) is 23.5 Å². The maximum atomic E-state index is 5.75. The van der Waals surface area contributed by atoms with Crippen molar-refractivity contribution < 1.29 is 4.74 Å². The van der Waals surface area contributed by atoms with E-state index in [9.17, 15) is 0 Å². The third kappa shape index (κ3) is 2.15. The number of hydrogen-bond donors (Lipinski definition) is 1. The van der Waals surface area contributed by atoms with Crippen LogP contribution in [0.1, 0.15) is 18.4 Å². The topological polar surface area (TPSA) is 21.3 Å². The first-order chi connectivity index (χ1) is 7.42. The average Bonchev–Trinajstić information content (AvgIpc) is 3.10. The van der Waals surface area contributed by atoms with Gasteiger partial charge in [-0.05, 0) is 30.9 Å². The van der Waals surface area contributed by atoms with Crippen LogP contribution >= 0.6 is 0 Å². The maximum absolute atomic E-state index is 5.75. The van der Waals surface area contributed by atoms with Crippen molar-refractivity contribution in [3.05, 3.63) is 29.8 Å². The molecule has 1 aliphatic heterocycles. The molecule has 1 N–H and O–H groups in total. The highest BCUT2D eigenvalue weighted by Gasteiger charge is 2.24. The van der Waals surface area contributed by atoms with E-state index in [1.807, 2.05) is 6.07 Å². The van der Waals surface area contributed by atoms with Crippen molar-refractivity contribution in [1.29, 1.82) is 0 Å². The van der Waals surface area contributed by atoms with E-state index in [1.54, 1.807) is 0 Å². The van der Waals surface area contributed by atoms with Gasteiger partial charge in [0.1, 0.15) is 5.75 Å². The summed E-state index contributed by atoms with van der Waals surface area (Å²) in [6.45, 7) is 1.98. The molecule has 1 fully saturated rings. The Bertz CT molecular complexity index is 346. The molecule has 0 amide bonds. The molecule has 0 saturated heterocycles. The summed E-state index contributed by atoms with van der Waals surface area (Å²) in [5.41, 5.74) is 1.37. The molecule has 1 aromatic rings. The molecular weight excluding hydrogens is 186 g/mol. The molecule has 1 aromatic carbocycles. The molecule has 1 atom stereocenters. The monoisotopic (exact) mass is 203 g/mol. The van der Waals surface area contributed by atoms with Crippen LogP contribution in [0.3, 0.4) is 0 Å². The van der Waals surface area contributed by atoms with Crippen LogP contribution in [-0.2, 0) is 6.42 Å². The van der Waals surface area contributed by atoms with E-state index in [-0.39, 0.29) is 0 Å². The molecule has 3 rings (SSSR count). The SMILES string of the molecule is c1ccc2c(c1)CC(CNC1CC1)CO2. The summed E-state index contributed by atoms with van der Waals surface area (Å²) in [5, 5.41) is 3.58. The van der Waals surface area contributed by atoms with Crippen molar-refractivity contribution in [1.82, 2.24) is 5.32 Å². The van der Waals surface area contributed by atoms with E-state index in [0.717, 1.165) is 31.4 Å². The number of rotatable bonds is 3. The fraction of sp³-hybridized carbons (Fsp3) is 0.538. The first-order valence-corrected chi connectivity index (χ1v) is 5.86. The molecule has 0 radical (unpaired) electrons. The molecular formula is C13H17NO. The van der Waals surface area contributed by atoms with E-state index in [4.69, 9.17) is 4.74 Å².